The summed E-state index contributed by atoms with van der Waals surface area (Å²) in [7, 11) is 0. The van der Waals surface area contributed by atoms with E-state index in [9.17, 15) is 0 Å². The van der Waals surface area contributed by atoms with Gasteiger partial charge in [-0.25, -0.2) is 4.98 Å². The fourth-order valence-electron chi connectivity index (χ4n) is 2.77. The molecule has 2 aromatic heterocycles. The molecule has 0 aliphatic rings. The van der Waals surface area contributed by atoms with E-state index >= 15 is 0 Å². The number of nitrogens with zero attached hydrogens (tertiary/aromatic N) is 4. The Morgan fingerprint density at radius 1 is 1.07 bits per heavy atom. The summed E-state index contributed by atoms with van der Waals surface area (Å²) in [6.45, 7) is 4.47. The van der Waals surface area contributed by atoms with Crippen LogP contribution in [-0.4, -0.2) is 19.7 Å². The van der Waals surface area contributed by atoms with Crippen molar-refractivity contribution in [3.05, 3.63) is 84.4 Å². The minimum absolute atomic E-state index is 0.546. The number of hydrogen-bond acceptors (Lipinski definition) is 5. The number of benzene rings is 2. The van der Waals surface area contributed by atoms with Crippen LogP contribution in [0, 0.1) is 0 Å². The van der Waals surface area contributed by atoms with E-state index in [1.807, 2.05) is 65.2 Å². The summed E-state index contributed by atoms with van der Waals surface area (Å²) in [6, 6.07) is 17.5. The SMILES string of the molecule is C=CCn1c(SCc2ncc(-c3cccc(Cl)c3)o2)nnc1-c1ccccc1. The molecule has 0 N–H and O–H groups in total. The monoisotopic (exact) mass is 408 g/mol. The van der Waals surface area contributed by atoms with E-state index in [0.29, 0.717) is 29.0 Å². The van der Waals surface area contributed by atoms with Crippen molar-refractivity contribution < 1.29 is 4.42 Å². The molecule has 2 heterocycles. The van der Waals surface area contributed by atoms with E-state index in [2.05, 4.69) is 21.8 Å². The van der Waals surface area contributed by atoms with Gasteiger partial charge in [0.1, 0.15) is 0 Å². The van der Waals surface area contributed by atoms with Gasteiger partial charge in [0.2, 0.25) is 5.89 Å². The van der Waals surface area contributed by atoms with Gasteiger partial charge >= 0.3 is 0 Å². The summed E-state index contributed by atoms with van der Waals surface area (Å²) in [5.74, 6) is 2.67. The highest BCUT2D eigenvalue weighted by Crippen LogP contribution is 2.28. The maximum Gasteiger partial charge on any atom is 0.205 e. The number of thioether (sulfide) groups is 1. The van der Waals surface area contributed by atoms with Crippen LogP contribution < -0.4 is 0 Å². The molecule has 2 aromatic carbocycles. The first kappa shape index (κ1) is 18.5. The minimum Gasteiger partial charge on any atom is -0.440 e. The van der Waals surface area contributed by atoms with E-state index in [-0.39, 0.29) is 0 Å². The Bertz CT molecular complexity index is 1090. The van der Waals surface area contributed by atoms with Crippen LogP contribution in [0.2, 0.25) is 5.02 Å². The Morgan fingerprint density at radius 3 is 2.68 bits per heavy atom. The molecule has 0 amide bonds. The van der Waals surface area contributed by atoms with Crippen molar-refractivity contribution in [3.63, 3.8) is 0 Å². The lowest BCUT2D eigenvalue weighted by atomic mass is 10.2. The van der Waals surface area contributed by atoms with Crippen molar-refractivity contribution in [2.75, 3.05) is 0 Å². The first-order valence-corrected chi connectivity index (χ1v) is 10.0. The van der Waals surface area contributed by atoms with Crippen molar-refractivity contribution in [1.29, 1.82) is 0 Å². The largest absolute Gasteiger partial charge is 0.440 e. The average molecular weight is 409 g/mol. The fraction of sp³-hybridized carbons (Fsp3) is 0.0952. The molecule has 0 fully saturated rings. The van der Waals surface area contributed by atoms with Gasteiger partial charge in [-0.1, -0.05) is 71.9 Å². The number of aromatic nitrogens is 4. The van der Waals surface area contributed by atoms with Crippen molar-refractivity contribution in [2.45, 2.75) is 17.5 Å². The van der Waals surface area contributed by atoms with Gasteiger partial charge in [-0.05, 0) is 12.1 Å². The molecule has 5 nitrogen and oxygen atoms in total. The molecule has 0 unspecified atom stereocenters. The zero-order chi connectivity index (χ0) is 19.3. The van der Waals surface area contributed by atoms with Crippen LogP contribution >= 0.6 is 23.4 Å². The molecule has 4 aromatic rings. The summed E-state index contributed by atoms with van der Waals surface area (Å²) >= 11 is 7.58. The second kappa shape index (κ2) is 8.46. The van der Waals surface area contributed by atoms with Crippen LogP contribution in [0.3, 0.4) is 0 Å². The first-order chi connectivity index (χ1) is 13.7. The Balaban J connectivity index is 1.53. The Morgan fingerprint density at radius 2 is 1.89 bits per heavy atom. The van der Waals surface area contributed by atoms with Crippen LogP contribution in [0.1, 0.15) is 5.89 Å². The molecule has 0 saturated heterocycles. The van der Waals surface area contributed by atoms with Gasteiger partial charge in [0.05, 0.1) is 11.9 Å². The number of halogens is 1. The van der Waals surface area contributed by atoms with Crippen LogP contribution in [0.4, 0.5) is 0 Å². The molecule has 0 atom stereocenters. The standard InChI is InChI=1S/C21H17ClN4OS/c1-2-11-26-20(15-7-4-3-5-8-15)24-25-21(26)28-14-19-23-13-18(27-19)16-9-6-10-17(22)12-16/h2-10,12-13H,1,11,14H2. The van der Waals surface area contributed by atoms with Crippen LogP contribution in [0.5, 0.6) is 0 Å². The maximum absolute atomic E-state index is 6.05. The summed E-state index contributed by atoms with van der Waals surface area (Å²) in [5, 5.41) is 10.2. The third kappa shape index (κ3) is 4.03. The Labute approximate surface area is 172 Å². The molecule has 140 valence electrons. The second-order valence-electron chi connectivity index (χ2n) is 5.99. The van der Waals surface area contributed by atoms with Crippen LogP contribution in [0.25, 0.3) is 22.7 Å². The molecular formula is C21H17ClN4OS. The highest BCUT2D eigenvalue weighted by Gasteiger charge is 2.15. The van der Waals surface area contributed by atoms with Gasteiger partial charge in [-0.2, -0.15) is 0 Å². The maximum atomic E-state index is 6.05. The van der Waals surface area contributed by atoms with Crippen LogP contribution in [-0.2, 0) is 12.3 Å². The topological polar surface area (TPSA) is 56.7 Å². The summed E-state index contributed by atoms with van der Waals surface area (Å²) in [6.07, 6.45) is 3.55. The first-order valence-electron chi connectivity index (χ1n) is 8.67. The molecule has 28 heavy (non-hydrogen) atoms. The third-order valence-corrected chi connectivity index (χ3v) is 5.23. The lowest BCUT2D eigenvalue weighted by molar-refractivity contribution is 0.529. The van der Waals surface area contributed by atoms with E-state index in [1.165, 1.54) is 11.8 Å². The van der Waals surface area contributed by atoms with Gasteiger partial charge in [0, 0.05) is 22.7 Å². The van der Waals surface area contributed by atoms with Gasteiger partial charge in [-0.15, -0.1) is 16.8 Å². The highest BCUT2D eigenvalue weighted by atomic mass is 35.5. The molecule has 0 bridgehead atoms. The van der Waals surface area contributed by atoms with Crippen molar-refractivity contribution in [1.82, 2.24) is 19.7 Å². The molecule has 0 aliphatic carbocycles. The minimum atomic E-state index is 0.546. The van der Waals surface area contributed by atoms with Gasteiger partial charge in [-0.3, -0.25) is 4.57 Å². The number of rotatable bonds is 7. The van der Waals surface area contributed by atoms with E-state index in [1.54, 1.807) is 6.20 Å². The van der Waals surface area contributed by atoms with E-state index in [4.69, 9.17) is 16.0 Å². The second-order valence-corrected chi connectivity index (χ2v) is 7.37. The molecular weight excluding hydrogens is 392 g/mol. The lowest BCUT2D eigenvalue weighted by Gasteiger charge is -2.07. The quantitative estimate of drug-likeness (QED) is 0.288. The summed E-state index contributed by atoms with van der Waals surface area (Å²) < 4.78 is 7.91. The predicted molar refractivity (Wildman–Crippen MR) is 112 cm³/mol. The van der Waals surface area contributed by atoms with Crippen molar-refractivity contribution >= 4 is 23.4 Å². The van der Waals surface area contributed by atoms with Gasteiger partial charge in [0.15, 0.2) is 16.7 Å². The Hall–Kier alpha value is -2.83. The molecule has 0 radical (unpaired) electrons. The van der Waals surface area contributed by atoms with Gasteiger partial charge in [0.25, 0.3) is 0 Å². The fourth-order valence-corrected chi connectivity index (χ4v) is 3.76. The smallest absolute Gasteiger partial charge is 0.205 e. The molecule has 7 heteroatoms. The summed E-state index contributed by atoms with van der Waals surface area (Å²) in [4.78, 5) is 4.37. The van der Waals surface area contributed by atoms with Crippen LogP contribution in [0.15, 0.2) is 83.0 Å². The van der Waals surface area contributed by atoms with E-state index < -0.39 is 0 Å². The molecule has 0 spiro atoms. The Kier molecular flexibility index (Phi) is 5.60. The number of oxazole rings is 1. The zero-order valence-electron chi connectivity index (χ0n) is 15.0. The lowest BCUT2D eigenvalue weighted by Crippen LogP contribution is -2.00. The summed E-state index contributed by atoms with van der Waals surface area (Å²) in [5.41, 5.74) is 1.92. The average Bonchev–Trinajstić information content (AvgIpc) is 3.35. The van der Waals surface area contributed by atoms with Crippen molar-refractivity contribution in [3.8, 4) is 22.7 Å². The number of hydrogen-bond donors (Lipinski definition) is 0. The number of allylic oxidation sites excluding steroid dienone is 1. The molecule has 0 aliphatic heterocycles. The van der Waals surface area contributed by atoms with Gasteiger partial charge < -0.3 is 4.42 Å². The zero-order valence-corrected chi connectivity index (χ0v) is 16.5. The highest BCUT2D eigenvalue weighted by molar-refractivity contribution is 7.98. The normalized spacial score (nSPS) is 10.9. The third-order valence-electron chi connectivity index (χ3n) is 4.05. The molecule has 0 saturated carbocycles. The molecule has 4 rings (SSSR count). The van der Waals surface area contributed by atoms with E-state index in [0.717, 1.165) is 22.1 Å². The van der Waals surface area contributed by atoms with Crippen molar-refractivity contribution in [2.24, 2.45) is 0 Å². The predicted octanol–water partition coefficient (Wildman–Crippen LogP) is 5.73.